The molecule has 0 aromatic heterocycles. The number of nitrogens with zero attached hydrogens (tertiary/aromatic N) is 2. The van der Waals surface area contributed by atoms with Crippen LogP contribution in [0.5, 0.6) is 17.2 Å². The summed E-state index contributed by atoms with van der Waals surface area (Å²) in [5.74, 6) is 0.716. The first kappa shape index (κ1) is 28.2. The number of amides is 1. The van der Waals surface area contributed by atoms with Crippen molar-refractivity contribution < 1.29 is 27.4 Å². The van der Waals surface area contributed by atoms with Crippen molar-refractivity contribution in [3.8, 4) is 17.2 Å². The fourth-order valence-corrected chi connectivity index (χ4v) is 5.19. The van der Waals surface area contributed by atoms with Gasteiger partial charge in [0.1, 0.15) is 18.9 Å². The van der Waals surface area contributed by atoms with E-state index in [0.29, 0.717) is 23.8 Å². The van der Waals surface area contributed by atoms with Gasteiger partial charge in [-0.2, -0.15) is 5.10 Å². The number of hydrazone groups is 1. The summed E-state index contributed by atoms with van der Waals surface area (Å²) in [6, 6.07) is 29.6. The quantitative estimate of drug-likeness (QED) is 0.200. The van der Waals surface area contributed by atoms with Crippen molar-refractivity contribution in [1.82, 2.24) is 5.43 Å². The summed E-state index contributed by atoms with van der Waals surface area (Å²) in [6.07, 6.45) is 1.47. The van der Waals surface area contributed by atoms with Gasteiger partial charge < -0.3 is 14.2 Å². The Bertz CT molecular complexity index is 1540. The number of methoxy groups -OCH3 is 2. The minimum atomic E-state index is -4.14. The van der Waals surface area contributed by atoms with Crippen LogP contribution in [-0.4, -0.2) is 41.3 Å². The van der Waals surface area contributed by atoms with Crippen molar-refractivity contribution in [3.05, 3.63) is 114 Å². The molecule has 10 heteroatoms. The van der Waals surface area contributed by atoms with E-state index in [1.807, 2.05) is 30.3 Å². The van der Waals surface area contributed by atoms with Crippen LogP contribution < -0.4 is 23.9 Å². The van der Waals surface area contributed by atoms with E-state index in [2.05, 4.69) is 10.5 Å². The third-order valence-electron chi connectivity index (χ3n) is 5.81. The lowest BCUT2D eigenvalue weighted by atomic mass is 10.2. The minimum absolute atomic E-state index is 0.0557. The van der Waals surface area contributed by atoms with Crippen molar-refractivity contribution in [2.75, 3.05) is 25.1 Å². The summed E-state index contributed by atoms with van der Waals surface area (Å²) < 4.78 is 44.5. The highest BCUT2D eigenvalue weighted by molar-refractivity contribution is 7.92. The Kier molecular flexibility index (Phi) is 9.37. The van der Waals surface area contributed by atoms with Gasteiger partial charge in [-0.15, -0.1) is 0 Å². The number of ether oxygens (including phenoxy) is 3. The molecular formula is C30H29N3O6S. The number of rotatable bonds is 12. The molecule has 0 atom stereocenters. The van der Waals surface area contributed by atoms with Gasteiger partial charge in [-0.05, 0) is 59.7 Å². The van der Waals surface area contributed by atoms with E-state index in [1.54, 1.807) is 54.6 Å². The highest BCUT2D eigenvalue weighted by Gasteiger charge is 2.28. The maximum absolute atomic E-state index is 13.6. The fraction of sp³-hybridized carbons (Fsp3) is 0.133. The Balaban J connectivity index is 1.43. The van der Waals surface area contributed by atoms with E-state index in [9.17, 15) is 13.2 Å². The highest BCUT2D eigenvalue weighted by atomic mass is 32.2. The number of anilines is 1. The lowest BCUT2D eigenvalue weighted by molar-refractivity contribution is -0.119. The second kappa shape index (κ2) is 13.3. The first-order valence-electron chi connectivity index (χ1n) is 12.3. The predicted molar refractivity (Wildman–Crippen MR) is 153 cm³/mol. The molecule has 4 aromatic carbocycles. The lowest BCUT2D eigenvalue weighted by Gasteiger charge is -2.24. The standard InChI is InChI=1S/C30H29N3O6S/c1-37-28-18-17-27(19-29(28)38-2)40(35,36)33(25-11-7-4-8-12-25)21-30(34)32-31-20-23-13-15-26(16-14-23)39-22-24-9-5-3-6-10-24/h3-20H,21-22H2,1-2H3,(H,32,34)/b31-20-. The van der Waals surface area contributed by atoms with Crippen LogP contribution in [0.15, 0.2) is 113 Å². The van der Waals surface area contributed by atoms with E-state index in [0.717, 1.165) is 15.4 Å². The molecule has 0 unspecified atom stereocenters. The smallest absolute Gasteiger partial charge is 0.264 e. The summed E-state index contributed by atoms with van der Waals surface area (Å²) in [5, 5.41) is 3.99. The Morgan fingerprint density at radius 2 is 1.50 bits per heavy atom. The van der Waals surface area contributed by atoms with Gasteiger partial charge in [0.2, 0.25) is 0 Å². The van der Waals surface area contributed by atoms with Crippen LogP contribution in [0.1, 0.15) is 11.1 Å². The molecule has 1 N–H and O–H groups in total. The van der Waals surface area contributed by atoms with E-state index in [4.69, 9.17) is 14.2 Å². The zero-order valence-electron chi connectivity index (χ0n) is 22.1. The predicted octanol–water partition coefficient (Wildman–Crippen LogP) is 4.63. The second-order valence-corrected chi connectivity index (χ2v) is 10.4. The Morgan fingerprint density at radius 3 is 2.15 bits per heavy atom. The van der Waals surface area contributed by atoms with Crippen LogP contribution in [0.25, 0.3) is 0 Å². The highest BCUT2D eigenvalue weighted by Crippen LogP contribution is 2.32. The number of carbonyl (C=O) groups excluding carboxylic acids is 1. The monoisotopic (exact) mass is 559 g/mol. The summed E-state index contributed by atoms with van der Waals surface area (Å²) in [5.41, 5.74) is 4.52. The van der Waals surface area contributed by atoms with Gasteiger partial charge in [-0.3, -0.25) is 9.10 Å². The van der Waals surface area contributed by atoms with Gasteiger partial charge in [-0.25, -0.2) is 13.8 Å². The second-order valence-electron chi connectivity index (χ2n) is 8.50. The molecule has 40 heavy (non-hydrogen) atoms. The molecule has 0 aliphatic rings. The normalized spacial score (nSPS) is 11.2. The fourth-order valence-electron chi connectivity index (χ4n) is 3.75. The molecule has 9 nitrogen and oxygen atoms in total. The number of carbonyl (C=O) groups is 1. The summed E-state index contributed by atoms with van der Waals surface area (Å²) in [7, 11) is -1.27. The summed E-state index contributed by atoms with van der Waals surface area (Å²) in [6.45, 7) is -0.0429. The Labute approximate surface area is 233 Å². The number of sulfonamides is 1. The van der Waals surface area contributed by atoms with Gasteiger partial charge in [0, 0.05) is 6.07 Å². The SMILES string of the molecule is COc1ccc(S(=O)(=O)N(CC(=O)N/N=C\c2ccc(OCc3ccccc3)cc2)c2ccccc2)cc1OC. The summed E-state index contributed by atoms with van der Waals surface area (Å²) in [4.78, 5) is 12.7. The van der Waals surface area contributed by atoms with Crippen molar-refractivity contribution in [2.24, 2.45) is 5.10 Å². The van der Waals surface area contributed by atoms with Crippen molar-refractivity contribution >= 4 is 27.8 Å². The average Bonchev–Trinajstić information content (AvgIpc) is 3.00. The molecule has 0 heterocycles. The number of para-hydroxylation sites is 1. The van der Waals surface area contributed by atoms with Gasteiger partial charge >= 0.3 is 0 Å². The minimum Gasteiger partial charge on any atom is -0.493 e. The van der Waals surface area contributed by atoms with Crippen LogP contribution in [0.4, 0.5) is 5.69 Å². The number of hydrogen-bond donors (Lipinski definition) is 1. The number of benzene rings is 4. The molecule has 0 radical (unpaired) electrons. The van der Waals surface area contributed by atoms with Crippen molar-refractivity contribution in [1.29, 1.82) is 0 Å². The maximum Gasteiger partial charge on any atom is 0.264 e. The van der Waals surface area contributed by atoms with E-state index in [1.165, 1.54) is 38.6 Å². The largest absolute Gasteiger partial charge is 0.493 e. The molecule has 4 rings (SSSR count). The number of nitrogens with one attached hydrogen (secondary N) is 1. The number of hydrogen-bond acceptors (Lipinski definition) is 7. The first-order chi connectivity index (χ1) is 19.4. The average molecular weight is 560 g/mol. The van der Waals surface area contributed by atoms with Crippen molar-refractivity contribution in [3.63, 3.8) is 0 Å². The zero-order valence-corrected chi connectivity index (χ0v) is 22.9. The molecule has 0 bridgehead atoms. The molecular weight excluding hydrogens is 530 g/mol. The van der Waals surface area contributed by atoms with Gasteiger partial charge in [0.25, 0.3) is 15.9 Å². The molecule has 4 aromatic rings. The van der Waals surface area contributed by atoms with Gasteiger partial charge in [0.05, 0.1) is 31.0 Å². The van der Waals surface area contributed by atoms with E-state index in [-0.39, 0.29) is 10.6 Å². The van der Waals surface area contributed by atoms with E-state index >= 15 is 0 Å². The van der Waals surface area contributed by atoms with Crippen LogP contribution in [0, 0.1) is 0 Å². The van der Waals surface area contributed by atoms with Crippen LogP contribution in [0.3, 0.4) is 0 Å². The third kappa shape index (κ3) is 7.17. The van der Waals surface area contributed by atoms with Crippen molar-refractivity contribution in [2.45, 2.75) is 11.5 Å². The van der Waals surface area contributed by atoms with Gasteiger partial charge in [0.15, 0.2) is 11.5 Å². The first-order valence-corrected chi connectivity index (χ1v) is 13.7. The molecule has 1 amide bonds. The van der Waals surface area contributed by atoms with E-state index < -0.39 is 22.5 Å². The maximum atomic E-state index is 13.6. The topological polar surface area (TPSA) is 107 Å². The molecule has 0 saturated carbocycles. The van der Waals surface area contributed by atoms with Crippen LogP contribution >= 0.6 is 0 Å². The molecule has 206 valence electrons. The zero-order chi connectivity index (χ0) is 28.4. The third-order valence-corrected chi connectivity index (χ3v) is 7.58. The molecule has 0 aliphatic carbocycles. The van der Waals surface area contributed by atoms with Crippen LogP contribution in [0.2, 0.25) is 0 Å². The molecule has 0 fully saturated rings. The molecule has 0 spiro atoms. The van der Waals surface area contributed by atoms with Gasteiger partial charge in [-0.1, -0.05) is 48.5 Å². The molecule has 0 saturated heterocycles. The Morgan fingerprint density at radius 1 is 0.850 bits per heavy atom. The van der Waals surface area contributed by atoms with Crippen LogP contribution in [-0.2, 0) is 21.4 Å². The Hall–Kier alpha value is -4.83. The molecule has 0 aliphatic heterocycles. The lowest BCUT2D eigenvalue weighted by Crippen LogP contribution is -2.39. The summed E-state index contributed by atoms with van der Waals surface area (Å²) >= 11 is 0.